The molecular formula is C21H15BrN2O3. The number of ether oxygens (including phenoxy) is 1. The first-order valence-electron chi connectivity index (χ1n) is 8.43. The first-order valence-corrected chi connectivity index (χ1v) is 9.22. The fourth-order valence-corrected chi connectivity index (χ4v) is 3.35. The minimum atomic E-state index is -0.345. The van der Waals surface area contributed by atoms with Crippen LogP contribution < -0.4 is 10.1 Å². The maximum atomic E-state index is 12.8. The number of amides is 1. The lowest BCUT2D eigenvalue weighted by molar-refractivity contribution is 0.0923. The van der Waals surface area contributed by atoms with Gasteiger partial charge in [0.2, 0.25) is 5.88 Å². The molecule has 0 saturated carbocycles. The van der Waals surface area contributed by atoms with E-state index in [9.17, 15) is 9.59 Å². The molecule has 1 N–H and O–H groups in total. The van der Waals surface area contributed by atoms with Gasteiger partial charge in [0.1, 0.15) is 11.3 Å². The van der Waals surface area contributed by atoms with Crippen LogP contribution in [0.5, 0.6) is 11.6 Å². The molecule has 4 rings (SSSR count). The Morgan fingerprint density at radius 3 is 2.67 bits per heavy atom. The molecule has 0 saturated heterocycles. The first kappa shape index (κ1) is 17.4. The van der Waals surface area contributed by atoms with Gasteiger partial charge in [-0.15, -0.1) is 0 Å². The molecule has 5 nitrogen and oxygen atoms in total. The molecule has 1 amide bonds. The molecule has 2 aromatic carbocycles. The molecule has 0 unspecified atom stereocenters. The van der Waals surface area contributed by atoms with Crippen LogP contribution in [0.2, 0.25) is 0 Å². The Morgan fingerprint density at radius 1 is 1.07 bits per heavy atom. The Bertz CT molecular complexity index is 1020. The van der Waals surface area contributed by atoms with E-state index in [1.54, 1.807) is 36.5 Å². The number of halogens is 1. The number of carbonyl (C=O) groups excluding carboxylic acids is 2. The number of Topliss-reactive ketones (excluding diaryl/α,β-unsaturated/α-hetero) is 1. The van der Waals surface area contributed by atoms with Gasteiger partial charge in [-0.2, -0.15) is 0 Å². The molecule has 0 aliphatic heterocycles. The van der Waals surface area contributed by atoms with Gasteiger partial charge >= 0.3 is 0 Å². The lowest BCUT2D eigenvalue weighted by atomic mass is 10.1. The van der Waals surface area contributed by atoms with Crippen molar-refractivity contribution in [3.8, 4) is 11.6 Å². The average molecular weight is 423 g/mol. The maximum Gasteiger partial charge on any atom is 0.257 e. The second-order valence-electron chi connectivity index (χ2n) is 6.15. The van der Waals surface area contributed by atoms with Gasteiger partial charge in [-0.25, -0.2) is 4.98 Å². The zero-order chi connectivity index (χ0) is 18.8. The van der Waals surface area contributed by atoms with Crippen molar-refractivity contribution in [2.75, 3.05) is 0 Å². The number of carbonyl (C=O) groups is 2. The summed E-state index contributed by atoms with van der Waals surface area (Å²) in [4.78, 5) is 29.2. The molecule has 0 radical (unpaired) electrons. The summed E-state index contributed by atoms with van der Waals surface area (Å²) in [6.07, 6.45) is 1.83. The Labute approximate surface area is 164 Å². The summed E-state index contributed by atoms with van der Waals surface area (Å²) in [5.74, 6) is 0.500. The van der Waals surface area contributed by atoms with Gasteiger partial charge in [0.05, 0.1) is 6.04 Å². The zero-order valence-electron chi connectivity index (χ0n) is 14.2. The molecule has 1 aromatic heterocycles. The number of fused-ring (bicyclic) bond motifs is 1. The summed E-state index contributed by atoms with van der Waals surface area (Å²) in [5, 5.41) is 2.93. The van der Waals surface area contributed by atoms with E-state index in [4.69, 9.17) is 4.74 Å². The quantitative estimate of drug-likeness (QED) is 0.661. The molecule has 1 aliphatic rings. The van der Waals surface area contributed by atoms with Crippen molar-refractivity contribution in [3.05, 3.63) is 88.0 Å². The molecular weight excluding hydrogens is 408 g/mol. The van der Waals surface area contributed by atoms with Crippen molar-refractivity contribution in [3.63, 3.8) is 0 Å². The van der Waals surface area contributed by atoms with Crippen LogP contribution in [0.4, 0.5) is 0 Å². The molecule has 0 spiro atoms. The highest BCUT2D eigenvalue weighted by molar-refractivity contribution is 9.10. The standard InChI is InChI=1S/C21H15BrN2O3/c22-13-7-9-14(10-8-13)27-21-17(6-3-11-23-21)20(26)24-18-12-19(25)16-5-2-1-4-15(16)18/h1-11,18H,12H2,(H,24,26)/t18-/m1/s1. The third-order valence-corrected chi connectivity index (χ3v) is 4.90. The number of hydrogen-bond donors (Lipinski definition) is 1. The number of ketones is 1. The normalized spacial score (nSPS) is 15.3. The van der Waals surface area contributed by atoms with Gasteiger partial charge in [0, 0.05) is 22.7 Å². The Hall–Kier alpha value is -2.99. The van der Waals surface area contributed by atoms with Crippen LogP contribution in [0.1, 0.15) is 38.7 Å². The van der Waals surface area contributed by atoms with E-state index in [1.807, 2.05) is 30.3 Å². The van der Waals surface area contributed by atoms with E-state index >= 15 is 0 Å². The van der Waals surface area contributed by atoms with E-state index < -0.39 is 0 Å². The molecule has 1 aliphatic carbocycles. The fraction of sp³-hybridized carbons (Fsp3) is 0.0952. The van der Waals surface area contributed by atoms with E-state index in [0.717, 1.165) is 10.0 Å². The first-order chi connectivity index (χ1) is 13.1. The highest BCUT2D eigenvalue weighted by atomic mass is 79.9. The summed E-state index contributed by atoms with van der Waals surface area (Å²) in [6.45, 7) is 0. The Balaban J connectivity index is 1.56. The summed E-state index contributed by atoms with van der Waals surface area (Å²) in [6, 6.07) is 17.6. The van der Waals surface area contributed by atoms with Crippen molar-refractivity contribution in [1.82, 2.24) is 10.3 Å². The van der Waals surface area contributed by atoms with Gasteiger partial charge in [-0.3, -0.25) is 9.59 Å². The zero-order valence-corrected chi connectivity index (χ0v) is 15.8. The van der Waals surface area contributed by atoms with E-state index in [0.29, 0.717) is 16.9 Å². The van der Waals surface area contributed by atoms with Crippen LogP contribution >= 0.6 is 15.9 Å². The number of pyridine rings is 1. The van der Waals surface area contributed by atoms with Crippen LogP contribution in [0.25, 0.3) is 0 Å². The van der Waals surface area contributed by atoms with Gasteiger partial charge in [-0.1, -0.05) is 40.2 Å². The third-order valence-electron chi connectivity index (χ3n) is 4.38. The third kappa shape index (κ3) is 3.61. The Morgan fingerprint density at radius 2 is 1.85 bits per heavy atom. The van der Waals surface area contributed by atoms with Gasteiger partial charge in [0.15, 0.2) is 5.78 Å². The monoisotopic (exact) mass is 422 g/mol. The Kier molecular flexibility index (Phi) is 4.73. The molecule has 134 valence electrons. The SMILES string of the molecule is O=C1C[C@@H](NC(=O)c2cccnc2Oc2ccc(Br)cc2)c2ccccc21. The molecule has 0 bridgehead atoms. The molecule has 3 aromatic rings. The summed E-state index contributed by atoms with van der Waals surface area (Å²) in [7, 11) is 0. The topological polar surface area (TPSA) is 68.3 Å². The second-order valence-corrected chi connectivity index (χ2v) is 7.07. The number of rotatable bonds is 4. The number of hydrogen-bond acceptors (Lipinski definition) is 4. The molecule has 1 heterocycles. The smallest absolute Gasteiger partial charge is 0.257 e. The van der Waals surface area contributed by atoms with Crippen LogP contribution in [0.15, 0.2) is 71.3 Å². The molecule has 6 heteroatoms. The minimum Gasteiger partial charge on any atom is -0.438 e. The predicted molar refractivity (Wildman–Crippen MR) is 104 cm³/mol. The van der Waals surface area contributed by atoms with E-state index in [1.165, 1.54) is 0 Å². The number of aromatic nitrogens is 1. The lowest BCUT2D eigenvalue weighted by Crippen LogP contribution is -2.27. The summed E-state index contributed by atoms with van der Waals surface area (Å²) < 4.78 is 6.71. The van der Waals surface area contributed by atoms with Crippen LogP contribution in [0, 0.1) is 0 Å². The maximum absolute atomic E-state index is 12.8. The summed E-state index contributed by atoms with van der Waals surface area (Å²) in [5.41, 5.74) is 1.83. The van der Waals surface area contributed by atoms with Gasteiger partial charge in [0.25, 0.3) is 5.91 Å². The summed E-state index contributed by atoms with van der Waals surface area (Å²) >= 11 is 3.37. The van der Waals surface area contributed by atoms with Crippen molar-refractivity contribution < 1.29 is 14.3 Å². The van der Waals surface area contributed by atoms with Crippen molar-refractivity contribution in [2.45, 2.75) is 12.5 Å². The van der Waals surface area contributed by atoms with E-state index in [-0.39, 0.29) is 30.0 Å². The van der Waals surface area contributed by atoms with Gasteiger partial charge < -0.3 is 10.1 Å². The second kappa shape index (κ2) is 7.32. The number of nitrogens with zero attached hydrogens (tertiary/aromatic N) is 1. The average Bonchev–Trinajstić information content (AvgIpc) is 3.00. The van der Waals surface area contributed by atoms with Crippen LogP contribution in [0.3, 0.4) is 0 Å². The van der Waals surface area contributed by atoms with Crippen LogP contribution in [-0.2, 0) is 0 Å². The van der Waals surface area contributed by atoms with Crippen molar-refractivity contribution >= 4 is 27.6 Å². The highest BCUT2D eigenvalue weighted by Crippen LogP contribution is 2.32. The van der Waals surface area contributed by atoms with Gasteiger partial charge in [-0.05, 0) is 42.0 Å². The number of nitrogens with one attached hydrogen (secondary N) is 1. The predicted octanol–water partition coefficient (Wildman–Crippen LogP) is 4.69. The highest BCUT2D eigenvalue weighted by Gasteiger charge is 2.30. The molecule has 0 fully saturated rings. The van der Waals surface area contributed by atoms with Crippen molar-refractivity contribution in [2.24, 2.45) is 0 Å². The fourth-order valence-electron chi connectivity index (χ4n) is 3.08. The van der Waals surface area contributed by atoms with Crippen molar-refractivity contribution in [1.29, 1.82) is 0 Å². The van der Waals surface area contributed by atoms with Crippen LogP contribution in [-0.4, -0.2) is 16.7 Å². The number of benzene rings is 2. The molecule has 27 heavy (non-hydrogen) atoms. The minimum absolute atomic E-state index is 0.0356. The lowest BCUT2D eigenvalue weighted by Gasteiger charge is -2.15. The largest absolute Gasteiger partial charge is 0.438 e. The van der Waals surface area contributed by atoms with E-state index in [2.05, 4.69) is 26.2 Å². The molecule has 1 atom stereocenters.